The van der Waals surface area contributed by atoms with E-state index in [9.17, 15) is 62.2 Å². The molecule has 242 valence electrons. The van der Waals surface area contributed by atoms with Crippen molar-refractivity contribution < 1.29 is 66.9 Å². The number of aliphatic hydroxyl groups excluding tert-OH is 1. The molecule has 0 aliphatic rings. The molecule has 0 saturated heterocycles. The quantitative estimate of drug-likeness (QED) is 0.158. The van der Waals surface area contributed by atoms with Crippen LogP contribution in [0.1, 0.15) is 22.3 Å². The Bertz CT molecular complexity index is 1420. The normalized spacial score (nSPS) is 14.0. The minimum absolute atomic E-state index is 0.0919. The number of ether oxygens (including phenoxy) is 1. The number of alkyl halides is 13. The van der Waals surface area contributed by atoms with Crippen LogP contribution in [-0.2, 0) is 19.0 Å². The van der Waals surface area contributed by atoms with E-state index in [1.165, 1.54) is 36.4 Å². The molecule has 17 heteroatoms. The predicted octanol–water partition coefficient (Wildman–Crippen LogP) is 9.09. The van der Waals surface area contributed by atoms with Gasteiger partial charge in [-0.1, -0.05) is 36.4 Å². The lowest BCUT2D eigenvalue weighted by Crippen LogP contribution is -2.50. The second kappa shape index (κ2) is 12.9. The number of benzene rings is 3. The van der Waals surface area contributed by atoms with Crippen LogP contribution in [0.4, 0.5) is 62.8 Å². The summed E-state index contributed by atoms with van der Waals surface area (Å²) in [7, 11) is 0. The molecular weight excluding hydrogens is 649 g/mol. The largest absolute Gasteiger partial charge is 0.489 e. The first-order valence-corrected chi connectivity index (χ1v) is 12.9. The zero-order chi connectivity index (χ0) is 33.1. The number of nitrogens with one attached hydrogen (secondary N) is 1. The van der Waals surface area contributed by atoms with Crippen molar-refractivity contribution in [1.29, 1.82) is 0 Å². The van der Waals surface area contributed by atoms with E-state index >= 15 is 0 Å². The van der Waals surface area contributed by atoms with Crippen LogP contribution in [0.3, 0.4) is 0 Å². The number of anilines is 1. The highest BCUT2D eigenvalue weighted by molar-refractivity contribution is 8.00. The van der Waals surface area contributed by atoms with Crippen LogP contribution < -0.4 is 10.1 Å². The zero-order valence-electron chi connectivity index (χ0n) is 21.7. The van der Waals surface area contributed by atoms with Gasteiger partial charge in [0, 0.05) is 34.7 Å². The molecule has 0 aromatic heterocycles. The molecule has 0 spiro atoms. The van der Waals surface area contributed by atoms with E-state index in [0.717, 1.165) is 18.2 Å². The maximum absolute atomic E-state index is 14.4. The van der Waals surface area contributed by atoms with E-state index < -0.39 is 72.7 Å². The van der Waals surface area contributed by atoms with Crippen molar-refractivity contribution in [1.82, 2.24) is 0 Å². The van der Waals surface area contributed by atoms with Gasteiger partial charge in [0.25, 0.3) is 0 Å². The van der Waals surface area contributed by atoms with Gasteiger partial charge in [0.2, 0.25) is 0 Å². The third kappa shape index (κ3) is 8.64. The lowest BCUT2D eigenvalue weighted by Gasteiger charge is -2.28. The van der Waals surface area contributed by atoms with Gasteiger partial charge in [-0.2, -0.15) is 57.1 Å². The summed E-state index contributed by atoms with van der Waals surface area (Å²) in [5.74, 6) is -12.3. The first-order valence-electron chi connectivity index (χ1n) is 12.1. The van der Waals surface area contributed by atoms with Crippen LogP contribution in [0.5, 0.6) is 5.75 Å². The Kier molecular flexibility index (Phi) is 10.3. The van der Waals surface area contributed by atoms with Crippen molar-refractivity contribution in [3.8, 4) is 5.75 Å². The van der Waals surface area contributed by atoms with E-state index in [0.29, 0.717) is 12.1 Å². The van der Waals surface area contributed by atoms with Gasteiger partial charge in [-0.15, -0.1) is 0 Å². The summed E-state index contributed by atoms with van der Waals surface area (Å²) in [5, 5.41) is 11.7. The Balaban J connectivity index is 1.98. The van der Waals surface area contributed by atoms with Crippen molar-refractivity contribution in [2.24, 2.45) is 0 Å². The molecule has 0 unspecified atom stereocenters. The molecular formula is C27H20F13NO2S. The zero-order valence-corrected chi connectivity index (χ0v) is 22.5. The van der Waals surface area contributed by atoms with Gasteiger partial charge in [-0.3, -0.25) is 0 Å². The van der Waals surface area contributed by atoms with Crippen LogP contribution >= 0.6 is 11.8 Å². The summed E-state index contributed by atoms with van der Waals surface area (Å²) in [6, 6.07) is 11.3. The fourth-order valence-corrected chi connectivity index (χ4v) is 4.43. The van der Waals surface area contributed by atoms with Gasteiger partial charge in [0.15, 0.2) is 6.10 Å². The molecule has 0 heterocycles. The van der Waals surface area contributed by atoms with Crippen molar-refractivity contribution in [3.63, 3.8) is 0 Å². The molecule has 0 bridgehead atoms. The van der Waals surface area contributed by atoms with Crippen LogP contribution in [0.15, 0.2) is 71.6 Å². The maximum atomic E-state index is 14.4. The maximum Gasteiger partial charge on any atom is 0.460 e. The van der Waals surface area contributed by atoms with E-state index in [1.807, 2.05) is 0 Å². The van der Waals surface area contributed by atoms with Crippen molar-refractivity contribution in [3.05, 3.63) is 89.0 Å². The summed E-state index contributed by atoms with van der Waals surface area (Å²) in [6.45, 7) is -1.50. The Hall–Kier alpha value is -3.34. The minimum atomic E-state index is -6.60. The summed E-state index contributed by atoms with van der Waals surface area (Å²) in [4.78, 5) is -0.191. The van der Waals surface area contributed by atoms with Crippen LogP contribution in [0, 0.1) is 0 Å². The van der Waals surface area contributed by atoms with Crippen molar-refractivity contribution in [2.45, 2.75) is 53.7 Å². The van der Waals surface area contributed by atoms with Crippen molar-refractivity contribution >= 4 is 17.4 Å². The van der Waals surface area contributed by atoms with Crippen LogP contribution in [0.25, 0.3) is 0 Å². The van der Waals surface area contributed by atoms with Gasteiger partial charge >= 0.3 is 29.7 Å². The molecule has 44 heavy (non-hydrogen) atoms. The minimum Gasteiger partial charge on any atom is -0.489 e. The monoisotopic (exact) mass is 669 g/mol. The molecule has 0 aliphatic heterocycles. The molecule has 0 fully saturated rings. The average molecular weight is 670 g/mol. The van der Waals surface area contributed by atoms with E-state index in [-0.39, 0.29) is 33.0 Å². The number of halogens is 13. The first-order chi connectivity index (χ1) is 20.1. The Labute approximate surface area is 245 Å². The SMILES string of the molecule is O[C@H](CNc1cccc(OCc2cccc(SC(F)(F)F)c2)c1Cc1cccc(C(F)(F)C(F)(F)C(F)(F)F)c1)C(F)(F)F. The lowest BCUT2D eigenvalue weighted by atomic mass is 9.96. The standard InChI is InChI=1S/C27H20F13NO2S/c28-23(29,25(33,34)26(35,36)37)17-6-1-4-15(10-17)12-19-20(41-13-22(42)24(30,31)32)8-3-9-21(19)43-14-16-5-2-7-18(11-16)44-27(38,39)40/h1-11,22,41-42H,12-14H2/t22-/m1/s1. The summed E-state index contributed by atoms with van der Waals surface area (Å²) in [6.07, 6.45) is -15.1. The molecule has 0 amide bonds. The molecule has 3 rings (SSSR count). The van der Waals surface area contributed by atoms with Crippen molar-refractivity contribution in [2.75, 3.05) is 11.9 Å². The van der Waals surface area contributed by atoms with E-state index in [4.69, 9.17) is 4.74 Å². The predicted molar refractivity (Wildman–Crippen MR) is 134 cm³/mol. The van der Waals surface area contributed by atoms with Crippen LogP contribution in [0.2, 0.25) is 0 Å². The topological polar surface area (TPSA) is 41.5 Å². The number of aliphatic hydroxyl groups is 1. The van der Waals surface area contributed by atoms with Gasteiger partial charge in [-0.25, -0.2) is 0 Å². The van der Waals surface area contributed by atoms with Crippen LogP contribution in [-0.4, -0.2) is 41.5 Å². The third-order valence-corrected chi connectivity index (χ3v) is 6.66. The number of hydrogen-bond donors (Lipinski definition) is 2. The summed E-state index contributed by atoms with van der Waals surface area (Å²) < 4.78 is 177. The molecule has 3 aromatic rings. The molecule has 0 aliphatic carbocycles. The molecule has 3 nitrogen and oxygen atoms in total. The summed E-state index contributed by atoms with van der Waals surface area (Å²) >= 11 is -0.405. The lowest BCUT2D eigenvalue weighted by molar-refractivity contribution is -0.359. The fraction of sp³-hybridized carbons (Fsp3) is 0.333. The Morgan fingerprint density at radius 1 is 0.750 bits per heavy atom. The van der Waals surface area contributed by atoms with Gasteiger partial charge in [0.05, 0.1) is 0 Å². The molecule has 3 aromatic carbocycles. The molecule has 0 saturated carbocycles. The average Bonchev–Trinajstić information content (AvgIpc) is 2.89. The summed E-state index contributed by atoms with van der Waals surface area (Å²) in [5.41, 5.74) is -6.61. The first kappa shape index (κ1) is 35.1. The molecule has 1 atom stereocenters. The van der Waals surface area contributed by atoms with E-state index in [2.05, 4.69) is 5.32 Å². The highest BCUT2D eigenvalue weighted by Gasteiger charge is 2.73. The second-order valence-electron chi connectivity index (χ2n) is 9.23. The number of rotatable bonds is 11. The highest BCUT2D eigenvalue weighted by Crippen LogP contribution is 2.52. The molecule has 2 N–H and O–H groups in total. The van der Waals surface area contributed by atoms with Gasteiger partial charge in [0.1, 0.15) is 12.4 Å². The van der Waals surface area contributed by atoms with Gasteiger partial charge in [-0.05, 0) is 53.2 Å². The Morgan fingerprint density at radius 2 is 1.36 bits per heavy atom. The van der Waals surface area contributed by atoms with Gasteiger partial charge < -0.3 is 15.2 Å². The second-order valence-corrected chi connectivity index (χ2v) is 10.4. The Morgan fingerprint density at radius 3 is 1.98 bits per heavy atom. The molecule has 0 radical (unpaired) electrons. The number of hydrogen-bond acceptors (Lipinski definition) is 4. The fourth-order valence-electron chi connectivity index (χ4n) is 3.80. The highest BCUT2D eigenvalue weighted by atomic mass is 32.2. The number of thioether (sulfide) groups is 1. The third-order valence-electron chi connectivity index (χ3n) is 5.94. The smallest absolute Gasteiger partial charge is 0.460 e. The van der Waals surface area contributed by atoms with E-state index in [1.54, 1.807) is 0 Å².